The minimum Gasteiger partial charge on any atom is -0.338 e. The molecular weight excluding hydrogens is 359 g/mol. The summed E-state index contributed by atoms with van der Waals surface area (Å²) in [5.74, 6) is -5.14. The van der Waals surface area contributed by atoms with Crippen molar-refractivity contribution in [1.82, 2.24) is 10.2 Å². The van der Waals surface area contributed by atoms with Crippen molar-refractivity contribution >= 4 is 23.1 Å². The first kappa shape index (κ1) is 17.9. The molecule has 0 fully saturated rings. The average molecular weight is 369 g/mol. The number of hydrogen-bond acceptors (Lipinski definition) is 5. The van der Waals surface area contributed by atoms with Gasteiger partial charge in [-0.05, 0) is 36.4 Å². The molecule has 0 spiro atoms. The van der Waals surface area contributed by atoms with Gasteiger partial charge in [0.25, 0.3) is 5.91 Å². The fraction of sp³-hybridized carbons (Fsp3) is 0. The average Bonchev–Trinajstić information content (AvgIpc) is 2.69. The second kappa shape index (κ2) is 7.53. The van der Waals surface area contributed by atoms with Gasteiger partial charge in [0.2, 0.25) is 0 Å². The van der Waals surface area contributed by atoms with Crippen LogP contribution in [0.5, 0.6) is 0 Å². The molecule has 0 radical (unpaired) electrons. The van der Waals surface area contributed by atoms with E-state index in [0.717, 1.165) is 6.07 Å². The van der Waals surface area contributed by atoms with Gasteiger partial charge in [0.1, 0.15) is 6.07 Å². The summed E-state index contributed by atoms with van der Waals surface area (Å²) >= 11 is 0. The van der Waals surface area contributed by atoms with Crippen LogP contribution in [0.4, 0.5) is 30.4 Å². The number of carbonyl (C=O) groups excluding carboxylic acids is 1. The molecule has 0 atom stereocenters. The van der Waals surface area contributed by atoms with Gasteiger partial charge in [-0.3, -0.25) is 4.79 Å². The molecule has 6 nitrogen and oxygen atoms in total. The third kappa shape index (κ3) is 3.85. The predicted molar refractivity (Wildman–Crippen MR) is 90.7 cm³/mol. The van der Waals surface area contributed by atoms with Crippen molar-refractivity contribution in [3.63, 3.8) is 0 Å². The van der Waals surface area contributed by atoms with E-state index in [9.17, 15) is 18.0 Å². The van der Waals surface area contributed by atoms with Gasteiger partial charge in [0, 0.05) is 0 Å². The molecule has 2 aromatic carbocycles. The Morgan fingerprint density at radius 3 is 2.41 bits per heavy atom. The predicted octanol–water partition coefficient (Wildman–Crippen LogP) is 3.76. The highest BCUT2D eigenvalue weighted by molar-refractivity contribution is 6.02. The van der Waals surface area contributed by atoms with Crippen molar-refractivity contribution in [2.24, 2.45) is 0 Å². The maximum atomic E-state index is 13.6. The van der Waals surface area contributed by atoms with Gasteiger partial charge in [-0.25, -0.2) is 13.2 Å². The van der Waals surface area contributed by atoms with E-state index in [1.807, 2.05) is 6.07 Å². The molecule has 0 aliphatic rings. The maximum Gasteiger partial charge on any atom is 0.276 e. The Morgan fingerprint density at radius 2 is 1.70 bits per heavy atom. The number of carbonyl (C=O) groups is 1. The van der Waals surface area contributed by atoms with Gasteiger partial charge >= 0.3 is 0 Å². The van der Waals surface area contributed by atoms with Crippen LogP contribution in [-0.4, -0.2) is 16.1 Å². The minimum atomic E-state index is -1.69. The van der Waals surface area contributed by atoms with Crippen LogP contribution in [0.1, 0.15) is 16.1 Å². The van der Waals surface area contributed by atoms with E-state index >= 15 is 0 Å². The zero-order valence-electron chi connectivity index (χ0n) is 13.5. The highest BCUT2D eigenvalue weighted by Gasteiger charge is 2.17. The summed E-state index contributed by atoms with van der Waals surface area (Å²) in [6.45, 7) is 0. The number of anilines is 3. The van der Waals surface area contributed by atoms with E-state index in [2.05, 4.69) is 20.8 Å². The van der Waals surface area contributed by atoms with Gasteiger partial charge in [-0.1, -0.05) is 12.1 Å². The largest absolute Gasteiger partial charge is 0.338 e. The normalized spacial score (nSPS) is 10.1. The lowest BCUT2D eigenvalue weighted by molar-refractivity contribution is 0.102. The fourth-order valence-corrected chi connectivity index (χ4v) is 2.16. The molecule has 0 aliphatic heterocycles. The molecule has 1 heterocycles. The molecule has 27 heavy (non-hydrogen) atoms. The van der Waals surface area contributed by atoms with Gasteiger partial charge in [0.15, 0.2) is 29.0 Å². The Morgan fingerprint density at radius 1 is 0.926 bits per heavy atom. The van der Waals surface area contributed by atoms with Gasteiger partial charge in [0.05, 0.1) is 16.9 Å². The third-order valence-corrected chi connectivity index (χ3v) is 3.49. The molecule has 0 bridgehead atoms. The Hall–Kier alpha value is -3.93. The first-order valence-electron chi connectivity index (χ1n) is 7.54. The quantitative estimate of drug-likeness (QED) is 0.684. The van der Waals surface area contributed by atoms with E-state index in [4.69, 9.17) is 5.26 Å². The van der Waals surface area contributed by atoms with Crippen molar-refractivity contribution in [2.75, 3.05) is 10.6 Å². The smallest absolute Gasteiger partial charge is 0.276 e. The molecule has 0 saturated carbocycles. The molecule has 3 aromatic rings. The Bertz CT molecular complexity index is 1050. The molecule has 9 heteroatoms. The van der Waals surface area contributed by atoms with Crippen molar-refractivity contribution in [3.8, 4) is 6.07 Å². The number of aromatic nitrogens is 2. The van der Waals surface area contributed by atoms with Crippen LogP contribution in [0.3, 0.4) is 0 Å². The maximum absolute atomic E-state index is 13.6. The van der Waals surface area contributed by atoms with Crippen molar-refractivity contribution in [1.29, 1.82) is 5.26 Å². The van der Waals surface area contributed by atoms with Crippen LogP contribution in [0.15, 0.2) is 48.5 Å². The lowest BCUT2D eigenvalue weighted by atomic mass is 10.2. The summed E-state index contributed by atoms with van der Waals surface area (Å²) in [5, 5.41) is 21.5. The van der Waals surface area contributed by atoms with Crippen LogP contribution in [0, 0.1) is 28.8 Å². The van der Waals surface area contributed by atoms with Gasteiger partial charge in [-0.15, -0.1) is 10.2 Å². The number of rotatable bonds is 4. The first-order chi connectivity index (χ1) is 13.0. The fourth-order valence-electron chi connectivity index (χ4n) is 2.16. The molecule has 0 unspecified atom stereocenters. The SMILES string of the molecule is N#Cc1ccccc1Nc1ccc(C(=O)Nc2ccc(F)c(F)c2F)nn1. The number of nitrogens with zero attached hydrogens (tertiary/aromatic N) is 3. The van der Waals surface area contributed by atoms with E-state index < -0.39 is 29.0 Å². The van der Waals surface area contributed by atoms with Crippen molar-refractivity contribution in [2.45, 2.75) is 0 Å². The second-order valence-electron chi connectivity index (χ2n) is 5.26. The summed E-state index contributed by atoms with van der Waals surface area (Å²) in [7, 11) is 0. The van der Waals surface area contributed by atoms with E-state index in [-0.39, 0.29) is 11.5 Å². The summed E-state index contributed by atoms with van der Waals surface area (Å²) in [6, 6.07) is 13.1. The molecule has 134 valence electrons. The Balaban J connectivity index is 1.75. The summed E-state index contributed by atoms with van der Waals surface area (Å²) in [6.07, 6.45) is 0. The number of amides is 1. The topological polar surface area (TPSA) is 90.7 Å². The second-order valence-corrected chi connectivity index (χ2v) is 5.26. The summed E-state index contributed by atoms with van der Waals surface area (Å²) in [5.41, 5.74) is 0.217. The van der Waals surface area contributed by atoms with Crippen LogP contribution >= 0.6 is 0 Å². The Labute approximate surface area is 151 Å². The van der Waals surface area contributed by atoms with Gasteiger partial charge in [-0.2, -0.15) is 5.26 Å². The number of halogens is 3. The first-order valence-corrected chi connectivity index (χ1v) is 7.54. The van der Waals surface area contributed by atoms with Crippen molar-refractivity contribution < 1.29 is 18.0 Å². The highest BCUT2D eigenvalue weighted by Crippen LogP contribution is 2.21. The van der Waals surface area contributed by atoms with Crippen LogP contribution in [0.2, 0.25) is 0 Å². The van der Waals surface area contributed by atoms with Gasteiger partial charge < -0.3 is 10.6 Å². The van der Waals surface area contributed by atoms with E-state index in [1.54, 1.807) is 24.3 Å². The zero-order chi connectivity index (χ0) is 19.4. The third-order valence-electron chi connectivity index (χ3n) is 3.49. The monoisotopic (exact) mass is 369 g/mol. The Kier molecular flexibility index (Phi) is 4.99. The molecule has 1 amide bonds. The number of nitriles is 1. The number of para-hydroxylation sites is 1. The van der Waals surface area contributed by atoms with Crippen LogP contribution in [-0.2, 0) is 0 Å². The molecule has 1 aromatic heterocycles. The molecule has 2 N–H and O–H groups in total. The van der Waals surface area contributed by atoms with Crippen LogP contribution < -0.4 is 10.6 Å². The number of benzene rings is 2. The molecule has 3 rings (SSSR count). The molecule has 0 saturated heterocycles. The van der Waals surface area contributed by atoms with Crippen LogP contribution in [0.25, 0.3) is 0 Å². The minimum absolute atomic E-state index is 0.168. The molecule has 0 aliphatic carbocycles. The lowest BCUT2D eigenvalue weighted by Gasteiger charge is -2.08. The number of hydrogen-bond donors (Lipinski definition) is 2. The standard InChI is InChI=1S/C18H10F3N5O/c19-11-5-6-13(17(21)16(11)20)24-18(27)14-7-8-15(26-25-14)23-12-4-2-1-3-10(12)9-22/h1-8H,(H,23,26)(H,24,27). The van der Waals surface area contributed by atoms with Crippen molar-refractivity contribution in [3.05, 3.63) is 77.2 Å². The molecular formula is C18H10F3N5O. The summed E-state index contributed by atoms with van der Waals surface area (Å²) in [4.78, 5) is 12.1. The number of nitrogens with one attached hydrogen (secondary N) is 2. The zero-order valence-corrected chi connectivity index (χ0v) is 13.5. The summed E-state index contributed by atoms with van der Waals surface area (Å²) < 4.78 is 39.7. The lowest BCUT2D eigenvalue weighted by Crippen LogP contribution is -2.16. The van der Waals surface area contributed by atoms with E-state index in [0.29, 0.717) is 17.3 Å². The highest BCUT2D eigenvalue weighted by atomic mass is 19.2. The van der Waals surface area contributed by atoms with E-state index in [1.165, 1.54) is 12.1 Å².